The molecule has 1 aliphatic rings. The molecule has 1 saturated heterocycles. The van der Waals surface area contributed by atoms with Crippen molar-refractivity contribution in [2.75, 3.05) is 35.2 Å². The third kappa shape index (κ3) is 2.98. The molecule has 0 saturated carbocycles. The van der Waals surface area contributed by atoms with Gasteiger partial charge in [-0.1, -0.05) is 0 Å². The van der Waals surface area contributed by atoms with Gasteiger partial charge in [-0.2, -0.15) is 4.98 Å². The Labute approximate surface area is 105 Å². The number of halogens is 1. The van der Waals surface area contributed by atoms with E-state index in [1.165, 1.54) is 6.20 Å². The van der Waals surface area contributed by atoms with Gasteiger partial charge in [-0.05, 0) is 18.0 Å². The highest BCUT2D eigenvalue weighted by molar-refractivity contribution is 7.91. The maximum atomic E-state index is 11.5. The normalized spacial score (nSPS) is 19.9. The summed E-state index contributed by atoms with van der Waals surface area (Å²) in [5, 5.41) is 0.112. The molecular weight excluding hydrogens is 264 g/mol. The molecule has 1 fully saturated rings. The molecule has 0 amide bonds. The topological polar surface area (TPSA) is 89.2 Å². The lowest BCUT2D eigenvalue weighted by Crippen LogP contribution is -2.28. The van der Waals surface area contributed by atoms with Crippen molar-refractivity contribution in [2.45, 2.75) is 6.42 Å². The van der Waals surface area contributed by atoms with E-state index in [2.05, 4.69) is 9.97 Å². The van der Waals surface area contributed by atoms with Crippen LogP contribution in [0.5, 0.6) is 0 Å². The lowest BCUT2D eigenvalue weighted by atomic mass is 10.3. The highest BCUT2D eigenvalue weighted by Crippen LogP contribution is 2.22. The van der Waals surface area contributed by atoms with Gasteiger partial charge in [0.25, 0.3) is 0 Å². The van der Waals surface area contributed by atoms with E-state index in [-0.39, 0.29) is 16.8 Å². The minimum Gasteiger partial charge on any atom is -0.394 e. The average molecular weight is 277 g/mol. The lowest BCUT2D eigenvalue weighted by Gasteiger charge is -2.21. The third-order valence-corrected chi connectivity index (χ3v) is 4.52. The van der Waals surface area contributed by atoms with Crippen LogP contribution in [0.1, 0.15) is 6.42 Å². The standard InChI is InChI=1S/C9H13ClN4O2S/c10-9-12-6-7(11)8(13-9)14-2-1-4-17(15,16)5-3-14/h6H,1-5,11H2. The number of rotatable bonds is 1. The van der Waals surface area contributed by atoms with Gasteiger partial charge in [0.15, 0.2) is 15.7 Å². The molecule has 8 heteroatoms. The van der Waals surface area contributed by atoms with Crippen LogP contribution in [0.2, 0.25) is 5.28 Å². The molecule has 0 radical (unpaired) electrons. The second-order valence-electron chi connectivity index (χ2n) is 3.91. The number of hydrogen-bond acceptors (Lipinski definition) is 6. The molecule has 0 bridgehead atoms. The molecule has 1 aromatic rings. The highest BCUT2D eigenvalue weighted by Gasteiger charge is 2.21. The number of nitrogens with zero attached hydrogens (tertiary/aromatic N) is 3. The van der Waals surface area contributed by atoms with E-state index >= 15 is 0 Å². The first-order chi connectivity index (χ1) is 7.98. The zero-order chi connectivity index (χ0) is 12.5. The average Bonchev–Trinajstić information content (AvgIpc) is 2.43. The second kappa shape index (κ2) is 4.66. The summed E-state index contributed by atoms with van der Waals surface area (Å²) in [5.41, 5.74) is 6.17. The molecule has 1 aliphatic heterocycles. The molecule has 17 heavy (non-hydrogen) atoms. The number of nitrogen functional groups attached to an aromatic ring is 1. The number of sulfone groups is 1. The van der Waals surface area contributed by atoms with Crippen molar-refractivity contribution in [1.82, 2.24) is 9.97 Å². The van der Waals surface area contributed by atoms with Gasteiger partial charge in [-0.25, -0.2) is 13.4 Å². The van der Waals surface area contributed by atoms with Crippen LogP contribution in [-0.2, 0) is 9.84 Å². The quantitative estimate of drug-likeness (QED) is 0.744. The van der Waals surface area contributed by atoms with Gasteiger partial charge in [-0.3, -0.25) is 0 Å². The van der Waals surface area contributed by atoms with Crippen LogP contribution in [0.3, 0.4) is 0 Å². The molecule has 0 atom stereocenters. The molecule has 94 valence electrons. The third-order valence-electron chi connectivity index (χ3n) is 2.62. The minimum atomic E-state index is -2.94. The minimum absolute atomic E-state index is 0.112. The van der Waals surface area contributed by atoms with Crippen molar-refractivity contribution >= 4 is 32.9 Å². The van der Waals surface area contributed by atoms with Crippen LogP contribution in [0, 0.1) is 0 Å². The first-order valence-corrected chi connectivity index (χ1v) is 7.41. The van der Waals surface area contributed by atoms with Gasteiger partial charge in [0, 0.05) is 13.1 Å². The Balaban J connectivity index is 2.25. The predicted octanol–water partition coefficient (Wildman–Crippen LogP) is 0.337. The number of anilines is 2. The van der Waals surface area contributed by atoms with Gasteiger partial charge < -0.3 is 10.6 Å². The Kier molecular flexibility index (Phi) is 3.39. The monoisotopic (exact) mass is 276 g/mol. The summed E-state index contributed by atoms with van der Waals surface area (Å²) in [4.78, 5) is 9.66. The summed E-state index contributed by atoms with van der Waals surface area (Å²) < 4.78 is 23.0. The van der Waals surface area contributed by atoms with Gasteiger partial charge in [0.2, 0.25) is 5.28 Å². The van der Waals surface area contributed by atoms with Gasteiger partial charge in [0.1, 0.15) is 0 Å². The molecule has 0 aromatic carbocycles. The Morgan fingerprint density at radius 2 is 2.12 bits per heavy atom. The number of aromatic nitrogens is 2. The second-order valence-corrected chi connectivity index (χ2v) is 6.55. The molecule has 0 unspecified atom stereocenters. The van der Waals surface area contributed by atoms with E-state index in [0.717, 1.165) is 0 Å². The molecule has 2 heterocycles. The smallest absolute Gasteiger partial charge is 0.224 e. The Hall–Kier alpha value is -1.08. The Bertz CT molecular complexity index is 520. The maximum absolute atomic E-state index is 11.5. The molecular formula is C9H13ClN4O2S. The first-order valence-electron chi connectivity index (χ1n) is 5.21. The van der Waals surface area contributed by atoms with Gasteiger partial charge >= 0.3 is 0 Å². The first kappa shape index (κ1) is 12.4. The molecule has 2 rings (SSSR count). The molecule has 0 aliphatic carbocycles. The van der Waals surface area contributed by atoms with Crippen molar-refractivity contribution in [3.8, 4) is 0 Å². The van der Waals surface area contributed by atoms with Crippen molar-refractivity contribution < 1.29 is 8.42 Å². The van der Waals surface area contributed by atoms with Crippen molar-refractivity contribution in [3.05, 3.63) is 11.5 Å². The summed E-state index contributed by atoms with van der Waals surface area (Å²) in [6.07, 6.45) is 2.01. The highest BCUT2D eigenvalue weighted by atomic mass is 35.5. The van der Waals surface area contributed by atoms with Gasteiger partial charge in [0.05, 0.1) is 23.4 Å². The molecule has 1 aromatic heterocycles. The van der Waals surface area contributed by atoms with Crippen LogP contribution in [0.15, 0.2) is 6.20 Å². The van der Waals surface area contributed by atoms with Crippen LogP contribution in [-0.4, -0.2) is 43.0 Å². The number of hydrogen-bond donors (Lipinski definition) is 1. The zero-order valence-corrected chi connectivity index (χ0v) is 10.7. The fourth-order valence-corrected chi connectivity index (χ4v) is 3.17. The van der Waals surface area contributed by atoms with Crippen LogP contribution in [0.25, 0.3) is 0 Å². The van der Waals surface area contributed by atoms with Crippen molar-refractivity contribution in [3.63, 3.8) is 0 Å². The summed E-state index contributed by atoms with van der Waals surface area (Å²) >= 11 is 5.71. The van der Waals surface area contributed by atoms with E-state index in [0.29, 0.717) is 31.0 Å². The zero-order valence-electron chi connectivity index (χ0n) is 9.13. The summed E-state index contributed by atoms with van der Waals surface area (Å²) in [6, 6.07) is 0. The van der Waals surface area contributed by atoms with Crippen LogP contribution < -0.4 is 10.6 Å². The molecule has 0 spiro atoms. The van der Waals surface area contributed by atoms with E-state index in [1.807, 2.05) is 4.90 Å². The van der Waals surface area contributed by atoms with Crippen LogP contribution in [0.4, 0.5) is 11.5 Å². The molecule has 6 nitrogen and oxygen atoms in total. The SMILES string of the molecule is Nc1cnc(Cl)nc1N1CCCS(=O)(=O)CC1. The van der Waals surface area contributed by atoms with Crippen molar-refractivity contribution in [1.29, 1.82) is 0 Å². The summed E-state index contributed by atoms with van der Waals surface area (Å²) in [6.45, 7) is 0.997. The summed E-state index contributed by atoms with van der Waals surface area (Å²) in [7, 11) is -2.94. The maximum Gasteiger partial charge on any atom is 0.224 e. The Morgan fingerprint density at radius 3 is 2.88 bits per heavy atom. The lowest BCUT2D eigenvalue weighted by molar-refractivity contribution is 0.597. The number of nitrogens with two attached hydrogens (primary N) is 1. The summed E-state index contributed by atoms with van der Waals surface area (Å²) in [5.74, 6) is 0.845. The van der Waals surface area contributed by atoms with E-state index in [4.69, 9.17) is 17.3 Å². The Morgan fingerprint density at radius 1 is 1.35 bits per heavy atom. The van der Waals surface area contributed by atoms with Crippen LogP contribution >= 0.6 is 11.6 Å². The van der Waals surface area contributed by atoms with E-state index < -0.39 is 9.84 Å². The molecule has 2 N–H and O–H groups in total. The van der Waals surface area contributed by atoms with Crippen molar-refractivity contribution in [2.24, 2.45) is 0 Å². The van der Waals surface area contributed by atoms with Gasteiger partial charge in [-0.15, -0.1) is 0 Å². The predicted molar refractivity (Wildman–Crippen MR) is 66.9 cm³/mol. The van der Waals surface area contributed by atoms with E-state index in [1.54, 1.807) is 0 Å². The fourth-order valence-electron chi connectivity index (χ4n) is 1.76. The fraction of sp³-hybridized carbons (Fsp3) is 0.556. The van der Waals surface area contributed by atoms with E-state index in [9.17, 15) is 8.42 Å². The largest absolute Gasteiger partial charge is 0.394 e.